The summed E-state index contributed by atoms with van der Waals surface area (Å²) in [6.07, 6.45) is -4.51. The van der Waals surface area contributed by atoms with Gasteiger partial charge in [0.2, 0.25) is 5.88 Å². The number of hydrogen-bond acceptors (Lipinski definition) is 4. The number of pyridine rings is 1. The Hall–Kier alpha value is -2.77. The molecule has 2 rings (SSSR count). The zero-order chi connectivity index (χ0) is 18.3. The largest absolute Gasteiger partial charge is 0.490 e. The van der Waals surface area contributed by atoms with Crippen molar-refractivity contribution in [3.8, 4) is 11.6 Å². The zero-order valence-corrected chi connectivity index (χ0v) is 13.1. The molecule has 0 aliphatic rings. The van der Waals surface area contributed by atoms with Crippen LogP contribution in [0.1, 0.15) is 18.4 Å². The molecule has 134 valence electrons. The summed E-state index contributed by atoms with van der Waals surface area (Å²) < 4.78 is 48.6. The Kier molecular flexibility index (Phi) is 6.21. The number of hydrogen-bond donors (Lipinski definition) is 1. The first-order chi connectivity index (χ1) is 11.8. The Morgan fingerprint density at radius 2 is 1.88 bits per heavy atom. The maximum absolute atomic E-state index is 12.5. The molecule has 1 N–H and O–H groups in total. The van der Waals surface area contributed by atoms with E-state index in [0.717, 1.165) is 12.1 Å². The lowest BCUT2D eigenvalue weighted by molar-refractivity contribution is -0.138. The van der Waals surface area contributed by atoms with Gasteiger partial charge in [-0.2, -0.15) is 13.2 Å². The minimum atomic E-state index is -4.48. The van der Waals surface area contributed by atoms with E-state index in [1.165, 1.54) is 0 Å². The van der Waals surface area contributed by atoms with Crippen molar-refractivity contribution in [1.29, 1.82) is 0 Å². The Labute approximate surface area is 142 Å². The fourth-order valence-corrected chi connectivity index (χ4v) is 1.96. The number of alkyl halides is 3. The number of carboxylic acids is 1. The standard InChI is InChI=1S/C17H16F3NO4/c18-17(19,20)12-6-8-15(21-10-12)25-14(7-9-16(22)23)11-24-13-4-2-1-3-5-13/h1-6,8,10,14H,7,9,11H2,(H,22,23). The van der Waals surface area contributed by atoms with Crippen LogP contribution in [0.5, 0.6) is 11.6 Å². The van der Waals surface area contributed by atoms with Crippen LogP contribution in [0.25, 0.3) is 0 Å². The summed E-state index contributed by atoms with van der Waals surface area (Å²) in [7, 11) is 0. The molecule has 8 heteroatoms. The lowest BCUT2D eigenvalue weighted by Gasteiger charge is -2.19. The molecule has 0 radical (unpaired) electrons. The Bertz CT molecular complexity index is 675. The first kappa shape index (κ1) is 18.6. The van der Waals surface area contributed by atoms with Gasteiger partial charge < -0.3 is 14.6 Å². The molecule has 1 atom stereocenters. The zero-order valence-electron chi connectivity index (χ0n) is 13.1. The molecule has 1 unspecified atom stereocenters. The van der Waals surface area contributed by atoms with E-state index in [0.29, 0.717) is 11.9 Å². The summed E-state index contributed by atoms with van der Waals surface area (Å²) in [6.45, 7) is 0.0417. The van der Waals surface area contributed by atoms with Crippen molar-refractivity contribution in [3.05, 3.63) is 54.2 Å². The van der Waals surface area contributed by atoms with Gasteiger partial charge in [-0.1, -0.05) is 18.2 Å². The summed E-state index contributed by atoms with van der Waals surface area (Å²) >= 11 is 0. The lowest BCUT2D eigenvalue weighted by atomic mass is 10.2. The van der Waals surface area contributed by atoms with E-state index >= 15 is 0 Å². The molecule has 5 nitrogen and oxygen atoms in total. The molecule has 0 aliphatic carbocycles. The summed E-state index contributed by atoms with van der Waals surface area (Å²) in [6, 6.07) is 10.8. The normalized spacial score (nSPS) is 12.4. The van der Waals surface area contributed by atoms with Crippen molar-refractivity contribution in [2.75, 3.05) is 6.61 Å². The molecule has 0 bridgehead atoms. The Morgan fingerprint density at radius 3 is 2.44 bits per heavy atom. The highest BCUT2D eigenvalue weighted by Gasteiger charge is 2.30. The highest BCUT2D eigenvalue weighted by Crippen LogP contribution is 2.29. The van der Waals surface area contributed by atoms with Crippen LogP contribution >= 0.6 is 0 Å². The summed E-state index contributed by atoms with van der Waals surface area (Å²) in [4.78, 5) is 14.4. The lowest BCUT2D eigenvalue weighted by Crippen LogP contribution is -2.26. The van der Waals surface area contributed by atoms with Crippen LogP contribution in [0.3, 0.4) is 0 Å². The number of aliphatic carboxylic acids is 1. The first-order valence-electron chi connectivity index (χ1n) is 7.44. The molecular weight excluding hydrogens is 339 g/mol. The summed E-state index contributed by atoms with van der Waals surface area (Å²) in [5.41, 5.74) is -0.887. The Morgan fingerprint density at radius 1 is 1.16 bits per heavy atom. The third-order valence-electron chi connectivity index (χ3n) is 3.21. The van der Waals surface area contributed by atoms with E-state index in [1.807, 2.05) is 6.07 Å². The first-order valence-corrected chi connectivity index (χ1v) is 7.44. The SMILES string of the molecule is O=C(O)CCC(COc1ccccc1)Oc1ccc(C(F)(F)F)cn1. The number of para-hydroxylation sites is 1. The summed E-state index contributed by atoms with van der Waals surface area (Å²) in [5, 5.41) is 8.80. The molecular formula is C17H16F3NO4. The molecule has 0 amide bonds. The van der Waals surface area contributed by atoms with Gasteiger partial charge in [-0.25, -0.2) is 4.98 Å². The van der Waals surface area contributed by atoms with Crippen molar-refractivity contribution in [2.24, 2.45) is 0 Å². The molecule has 2 aromatic rings. The molecule has 0 aliphatic heterocycles. The predicted molar refractivity (Wildman–Crippen MR) is 82.5 cm³/mol. The highest BCUT2D eigenvalue weighted by molar-refractivity contribution is 5.66. The Balaban J connectivity index is 2.00. The van der Waals surface area contributed by atoms with Gasteiger partial charge in [-0.05, 0) is 24.6 Å². The van der Waals surface area contributed by atoms with Crippen molar-refractivity contribution < 1.29 is 32.5 Å². The number of rotatable bonds is 8. The number of aromatic nitrogens is 1. The predicted octanol–water partition coefficient (Wildman–Crippen LogP) is 3.79. The molecule has 0 spiro atoms. The van der Waals surface area contributed by atoms with E-state index in [1.54, 1.807) is 24.3 Å². The van der Waals surface area contributed by atoms with Gasteiger partial charge >= 0.3 is 12.1 Å². The van der Waals surface area contributed by atoms with Crippen LogP contribution in [-0.4, -0.2) is 28.8 Å². The summed E-state index contributed by atoms with van der Waals surface area (Å²) in [5.74, 6) is -0.458. The molecule has 1 aromatic heterocycles. The number of carbonyl (C=O) groups is 1. The van der Waals surface area contributed by atoms with Gasteiger partial charge in [0.25, 0.3) is 0 Å². The second-order valence-electron chi connectivity index (χ2n) is 5.18. The van der Waals surface area contributed by atoms with Crippen molar-refractivity contribution in [1.82, 2.24) is 4.98 Å². The third kappa shape index (κ3) is 6.33. The number of carboxylic acid groups (broad SMARTS) is 1. The van der Waals surface area contributed by atoms with Crippen molar-refractivity contribution in [2.45, 2.75) is 25.1 Å². The van der Waals surface area contributed by atoms with Crippen LogP contribution in [0.2, 0.25) is 0 Å². The van der Waals surface area contributed by atoms with Gasteiger partial charge in [-0.3, -0.25) is 4.79 Å². The topological polar surface area (TPSA) is 68.7 Å². The molecule has 0 saturated carbocycles. The quantitative estimate of drug-likeness (QED) is 0.780. The maximum atomic E-state index is 12.5. The second-order valence-corrected chi connectivity index (χ2v) is 5.18. The van der Waals surface area contributed by atoms with Crippen LogP contribution < -0.4 is 9.47 Å². The number of benzene rings is 1. The van der Waals surface area contributed by atoms with E-state index < -0.39 is 23.8 Å². The minimum absolute atomic E-state index is 0.0277. The van der Waals surface area contributed by atoms with Gasteiger partial charge in [0.05, 0.1) is 5.56 Å². The van der Waals surface area contributed by atoms with Crippen molar-refractivity contribution >= 4 is 5.97 Å². The van der Waals surface area contributed by atoms with Crippen LogP contribution in [0, 0.1) is 0 Å². The van der Waals surface area contributed by atoms with E-state index in [-0.39, 0.29) is 25.3 Å². The van der Waals surface area contributed by atoms with Gasteiger partial charge in [-0.15, -0.1) is 0 Å². The fraction of sp³-hybridized carbons (Fsp3) is 0.294. The number of nitrogens with zero attached hydrogens (tertiary/aromatic N) is 1. The van der Waals surface area contributed by atoms with E-state index in [4.69, 9.17) is 14.6 Å². The van der Waals surface area contributed by atoms with E-state index in [9.17, 15) is 18.0 Å². The van der Waals surface area contributed by atoms with Crippen molar-refractivity contribution in [3.63, 3.8) is 0 Å². The van der Waals surface area contributed by atoms with Gasteiger partial charge in [0.1, 0.15) is 18.5 Å². The average molecular weight is 355 g/mol. The molecule has 1 aromatic carbocycles. The average Bonchev–Trinajstić information content (AvgIpc) is 2.58. The maximum Gasteiger partial charge on any atom is 0.417 e. The van der Waals surface area contributed by atoms with Gasteiger partial charge in [0, 0.05) is 18.7 Å². The number of halogens is 3. The number of ether oxygens (including phenoxy) is 2. The van der Waals surface area contributed by atoms with E-state index in [2.05, 4.69) is 4.98 Å². The fourth-order valence-electron chi connectivity index (χ4n) is 1.96. The second kappa shape index (κ2) is 8.36. The minimum Gasteiger partial charge on any atom is -0.490 e. The van der Waals surface area contributed by atoms with Crippen LogP contribution in [0.15, 0.2) is 48.7 Å². The molecule has 25 heavy (non-hydrogen) atoms. The monoisotopic (exact) mass is 355 g/mol. The smallest absolute Gasteiger partial charge is 0.417 e. The molecule has 0 saturated heterocycles. The molecule has 1 heterocycles. The molecule has 0 fully saturated rings. The van der Waals surface area contributed by atoms with Crippen LogP contribution in [0.4, 0.5) is 13.2 Å². The third-order valence-corrected chi connectivity index (χ3v) is 3.21. The van der Waals surface area contributed by atoms with Crippen LogP contribution in [-0.2, 0) is 11.0 Å². The highest BCUT2D eigenvalue weighted by atomic mass is 19.4. The van der Waals surface area contributed by atoms with Gasteiger partial charge in [0.15, 0.2) is 0 Å².